The fourth-order valence-corrected chi connectivity index (χ4v) is 2.02. The van der Waals surface area contributed by atoms with Crippen molar-refractivity contribution in [3.63, 3.8) is 0 Å². The van der Waals surface area contributed by atoms with Gasteiger partial charge in [0.2, 0.25) is 0 Å². The minimum absolute atomic E-state index is 0.0922. The average Bonchev–Trinajstić information content (AvgIpc) is 2.16. The Labute approximate surface area is 109 Å². The molecule has 0 saturated heterocycles. The number of rotatable bonds is 4. The number of nitrogens with one attached hydrogen (secondary N) is 1. The first-order valence-corrected chi connectivity index (χ1v) is 6.06. The van der Waals surface area contributed by atoms with Gasteiger partial charge in [0, 0.05) is 22.6 Å². The minimum atomic E-state index is -0.0922. The van der Waals surface area contributed by atoms with E-state index in [1.54, 1.807) is 18.2 Å². The van der Waals surface area contributed by atoms with Crippen LogP contribution in [-0.4, -0.2) is 38.0 Å². The molecule has 0 aliphatic heterocycles. The molecule has 0 bridgehead atoms. The molecule has 1 aromatic rings. The highest BCUT2D eigenvalue weighted by Gasteiger charge is 2.09. The van der Waals surface area contributed by atoms with Crippen molar-refractivity contribution in [3.8, 4) is 0 Å². The van der Waals surface area contributed by atoms with E-state index in [1.807, 2.05) is 19.0 Å². The predicted molar refractivity (Wildman–Crippen MR) is 70.0 cm³/mol. The summed E-state index contributed by atoms with van der Waals surface area (Å²) >= 11 is 9.11. The smallest absolute Gasteiger partial charge is 0.252 e. The maximum atomic E-state index is 11.8. The number of carbonyl (C=O) groups is 1. The van der Waals surface area contributed by atoms with E-state index in [2.05, 4.69) is 21.2 Å². The first-order chi connectivity index (χ1) is 7.50. The van der Waals surface area contributed by atoms with Gasteiger partial charge >= 0.3 is 0 Å². The maximum absolute atomic E-state index is 11.8. The van der Waals surface area contributed by atoms with E-state index in [9.17, 15) is 4.79 Å². The van der Waals surface area contributed by atoms with Crippen LogP contribution in [0, 0.1) is 0 Å². The molecular weight excluding hydrogens is 291 g/mol. The van der Waals surface area contributed by atoms with Crippen molar-refractivity contribution in [2.75, 3.05) is 27.2 Å². The molecule has 1 amide bonds. The summed E-state index contributed by atoms with van der Waals surface area (Å²) < 4.78 is 0.711. The van der Waals surface area contributed by atoms with Crippen LogP contribution in [0.4, 0.5) is 0 Å². The van der Waals surface area contributed by atoms with Gasteiger partial charge in [0.15, 0.2) is 0 Å². The zero-order chi connectivity index (χ0) is 12.1. The number of hydrogen-bond donors (Lipinski definition) is 1. The van der Waals surface area contributed by atoms with Crippen LogP contribution in [-0.2, 0) is 0 Å². The van der Waals surface area contributed by atoms with Crippen LogP contribution in [0.1, 0.15) is 10.4 Å². The molecule has 88 valence electrons. The Morgan fingerprint density at radius 1 is 1.50 bits per heavy atom. The van der Waals surface area contributed by atoms with Crippen molar-refractivity contribution in [2.45, 2.75) is 0 Å². The molecule has 3 nitrogen and oxygen atoms in total. The molecule has 0 spiro atoms. The van der Waals surface area contributed by atoms with E-state index in [-0.39, 0.29) is 5.91 Å². The van der Waals surface area contributed by atoms with Crippen LogP contribution in [0.3, 0.4) is 0 Å². The van der Waals surface area contributed by atoms with E-state index in [0.717, 1.165) is 6.54 Å². The van der Waals surface area contributed by atoms with E-state index >= 15 is 0 Å². The Bertz CT molecular complexity index is 382. The van der Waals surface area contributed by atoms with Gasteiger partial charge in [0.25, 0.3) is 5.91 Å². The van der Waals surface area contributed by atoms with Crippen molar-refractivity contribution in [3.05, 3.63) is 33.3 Å². The van der Waals surface area contributed by atoms with Gasteiger partial charge in [0.1, 0.15) is 0 Å². The van der Waals surface area contributed by atoms with E-state index in [0.29, 0.717) is 21.6 Å². The lowest BCUT2D eigenvalue weighted by Crippen LogP contribution is -2.31. The second-order valence-electron chi connectivity index (χ2n) is 3.68. The second-order valence-corrected chi connectivity index (χ2v) is 4.97. The van der Waals surface area contributed by atoms with Crippen LogP contribution in [0.2, 0.25) is 5.02 Å². The Morgan fingerprint density at radius 2 is 2.19 bits per heavy atom. The monoisotopic (exact) mass is 304 g/mol. The highest BCUT2D eigenvalue weighted by atomic mass is 79.9. The molecule has 0 atom stereocenters. The zero-order valence-electron chi connectivity index (χ0n) is 9.26. The van der Waals surface area contributed by atoms with Crippen LogP contribution >= 0.6 is 27.5 Å². The third-order valence-corrected chi connectivity index (χ3v) is 2.91. The lowest BCUT2D eigenvalue weighted by Gasteiger charge is -2.11. The third kappa shape index (κ3) is 4.12. The highest BCUT2D eigenvalue weighted by molar-refractivity contribution is 9.10. The molecule has 1 N–H and O–H groups in total. The Kier molecular flexibility index (Phi) is 5.25. The van der Waals surface area contributed by atoms with Gasteiger partial charge in [0.05, 0.1) is 5.56 Å². The SMILES string of the molecule is CN(C)CCNC(=O)c1ccc(Cl)cc1Br. The Balaban J connectivity index is 2.59. The van der Waals surface area contributed by atoms with Crippen molar-refractivity contribution in [1.29, 1.82) is 0 Å². The normalized spacial score (nSPS) is 10.6. The van der Waals surface area contributed by atoms with Crippen molar-refractivity contribution >= 4 is 33.4 Å². The largest absolute Gasteiger partial charge is 0.351 e. The summed E-state index contributed by atoms with van der Waals surface area (Å²) in [7, 11) is 3.93. The summed E-state index contributed by atoms with van der Waals surface area (Å²) in [4.78, 5) is 13.8. The summed E-state index contributed by atoms with van der Waals surface area (Å²) in [5.41, 5.74) is 0.600. The quantitative estimate of drug-likeness (QED) is 0.926. The number of benzene rings is 1. The Hall–Kier alpha value is -0.580. The molecule has 0 aliphatic carbocycles. The predicted octanol–water partition coefficient (Wildman–Crippen LogP) is 2.39. The maximum Gasteiger partial charge on any atom is 0.252 e. The van der Waals surface area contributed by atoms with Crippen molar-refractivity contribution < 1.29 is 4.79 Å². The van der Waals surface area contributed by atoms with Crippen molar-refractivity contribution in [1.82, 2.24) is 10.2 Å². The van der Waals surface area contributed by atoms with Crippen molar-refractivity contribution in [2.24, 2.45) is 0 Å². The number of amides is 1. The van der Waals surface area contributed by atoms with Gasteiger partial charge in [-0.25, -0.2) is 0 Å². The lowest BCUT2D eigenvalue weighted by molar-refractivity contribution is 0.0950. The van der Waals surface area contributed by atoms with Gasteiger partial charge in [-0.2, -0.15) is 0 Å². The first-order valence-electron chi connectivity index (χ1n) is 4.88. The lowest BCUT2D eigenvalue weighted by atomic mass is 10.2. The molecule has 1 aromatic carbocycles. The van der Waals surface area contributed by atoms with Gasteiger partial charge in [-0.1, -0.05) is 11.6 Å². The first kappa shape index (κ1) is 13.5. The van der Waals surface area contributed by atoms with E-state index in [1.165, 1.54) is 0 Å². The van der Waals surface area contributed by atoms with Gasteiger partial charge in [-0.05, 0) is 48.2 Å². The molecule has 0 radical (unpaired) electrons. The zero-order valence-corrected chi connectivity index (χ0v) is 11.6. The topological polar surface area (TPSA) is 32.3 Å². The molecule has 0 aliphatic rings. The fraction of sp³-hybridized carbons (Fsp3) is 0.364. The molecular formula is C11H14BrClN2O. The minimum Gasteiger partial charge on any atom is -0.351 e. The summed E-state index contributed by atoms with van der Waals surface area (Å²) in [6.45, 7) is 1.44. The van der Waals surface area contributed by atoms with E-state index < -0.39 is 0 Å². The summed E-state index contributed by atoms with van der Waals surface area (Å²) in [6.07, 6.45) is 0. The molecule has 1 rings (SSSR count). The van der Waals surface area contributed by atoms with Gasteiger partial charge < -0.3 is 10.2 Å². The third-order valence-electron chi connectivity index (χ3n) is 2.02. The second kappa shape index (κ2) is 6.23. The summed E-state index contributed by atoms with van der Waals surface area (Å²) in [5, 5.41) is 3.44. The average molecular weight is 306 g/mol. The summed E-state index contributed by atoms with van der Waals surface area (Å²) in [5.74, 6) is -0.0922. The number of hydrogen-bond acceptors (Lipinski definition) is 2. The highest BCUT2D eigenvalue weighted by Crippen LogP contribution is 2.21. The molecule has 0 saturated carbocycles. The molecule has 0 aromatic heterocycles. The van der Waals surface area contributed by atoms with Crippen LogP contribution in [0.25, 0.3) is 0 Å². The van der Waals surface area contributed by atoms with Gasteiger partial charge in [-0.3, -0.25) is 4.79 Å². The van der Waals surface area contributed by atoms with E-state index in [4.69, 9.17) is 11.6 Å². The van der Waals surface area contributed by atoms with Crippen LogP contribution in [0.15, 0.2) is 22.7 Å². The fourth-order valence-electron chi connectivity index (χ4n) is 1.16. The molecule has 0 fully saturated rings. The summed E-state index contributed by atoms with van der Waals surface area (Å²) in [6, 6.07) is 5.12. The number of likely N-dealkylation sites (N-methyl/N-ethyl adjacent to an activating group) is 1. The number of nitrogens with zero attached hydrogens (tertiary/aromatic N) is 1. The Morgan fingerprint density at radius 3 is 2.75 bits per heavy atom. The number of carbonyl (C=O) groups excluding carboxylic acids is 1. The van der Waals surface area contributed by atoms with Crippen LogP contribution in [0.5, 0.6) is 0 Å². The van der Waals surface area contributed by atoms with Gasteiger partial charge in [-0.15, -0.1) is 0 Å². The van der Waals surface area contributed by atoms with Crippen LogP contribution < -0.4 is 5.32 Å². The molecule has 0 heterocycles. The molecule has 5 heteroatoms. The number of halogens is 2. The standard InChI is InChI=1S/C11H14BrClN2O/c1-15(2)6-5-14-11(16)9-4-3-8(13)7-10(9)12/h3-4,7H,5-6H2,1-2H3,(H,14,16). The molecule has 16 heavy (non-hydrogen) atoms. The molecule has 0 unspecified atom stereocenters.